The van der Waals surface area contributed by atoms with E-state index in [0.29, 0.717) is 33.9 Å². The van der Waals surface area contributed by atoms with Gasteiger partial charge in [0.25, 0.3) is 22.9 Å². The molecule has 0 unspecified atom stereocenters. The molecule has 0 spiro atoms. The number of piperidine rings is 3. The van der Waals surface area contributed by atoms with E-state index in [9.17, 15) is 29.4 Å². The molecule has 0 bridgehead atoms. The molecule has 446 valence electrons. The van der Waals surface area contributed by atoms with E-state index in [1.54, 1.807) is 38.8 Å². The first-order valence-corrected chi connectivity index (χ1v) is 29.7. The van der Waals surface area contributed by atoms with Gasteiger partial charge in [-0.15, -0.1) is 0 Å². The lowest BCUT2D eigenvalue weighted by atomic mass is 9.91. The monoisotopic (exact) mass is 1160 g/mol. The molecule has 0 atom stereocenters. The molecule has 18 heteroatoms. The average Bonchev–Trinajstić information content (AvgIpc) is 3.28. The molecule has 3 fully saturated rings. The standard InChI is InChI=1S/C35H40N6O3.C33H38N6O3/c1-24-30(7-6-8-31(24)38-34(43)25-9-13-27(14-10-25)40-19-4-3-5-20-40)32-23-39(2)35(44)33(37-32)36-26-11-15-28(16-12-26)41-21-17-29(42)18-22-41;1-21-26(7-6-8-27(21)37-31(41)22-9-14-29(34-19-22)33(2,3)4)28-20-38(5)32(42)30(36-28)35-23-10-12-24(13-11-23)39-17-15-25(40)16-18-39/h6-16,23,29,42H,3-5,17-22H2,1-2H3,(H,36,37)(H,38,43);6-14,19-20,25,40H,15-18H2,1-5H3,(H,35,36)(H,37,41). The number of carbonyl (C=O) groups excluding carboxylic acids is 2. The number of aromatic nitrogens is 5. The Bertz CT molecular complexity index is 3800. The summed E-state index contributed by atoms with van der Waals surface area (Å²) in [4.78, 5) is 73.0. The highest BCUT2D eigenvalue weighted by atomic mass is 16.3. The average molecular weight is 1160 g/mol. The normalized spacial score (nSPS) is 14.9. The summed E-state index contributed by atoms with van der Waals surface area (Å²) in [5, 5.41) is 32.0. The van der Waals surface area contributed by atoms with Crippen LogP contribution in [0.3, 0.4) is 0 Å². The van der Waals surface area contributed by atoms with Crippen LogP contribution in [0.15, 0.2) is 150 Å². The van der Waals surface area contributed by atoms with Crippen molar-refractivity contribution in [3.8, 4) is 22.5 Å². The quantitative estimate of drug-likeness (QED) is 0.0634. The third-order valence-electron chi connectivity index (χ3n) is 16.4. The predicted octanol–water partition coefficient (Wildman–Crippen LogP) is 11.1. The molecule has 11 rings (SSSR count). The van der Waals surface area contributed by atoms with Gasteiger partial charge < -0.3 is 55.3 Å². The topological polar surface area (TPSA) is 215 Å². The van der Waals surface area contributed by atoms with Gasteiger partial charge in [-0.2, -0.15) is 0 Å². The van der Waals surface area contributed by atoms with Gasteiger partial charge in [0.2, 0.25) is 0 Å². The lowest BCUT2D eigenvalue weighted by molar-refractivity contribution is 0.101. The molecular formula is C68H78N12O6. The highest BCUT2D eigenvalue weighted by Crippen LogP contribution is 2.32. The number of anilines is 9. The number of nitrogens with one attached hydrogen (secondary N) is 4. The summed E-state index contributed by atoms with van der Waals surface area (Å²) in [5.74, 6) is 0.0164. The number of pyridine rings is 1. The number of benzene rings is 5. The number of rotatable bonds is 13. The van der Waals surface area contributed by atoms with Crippen LogP contribution in [-0.2, 0) is 19.5 Å². The van der Waals surface area contributed by atoms with Crippen molar-refractivity contribution >= 4 is 63.3 Å². The SMILES string of the molecule is Cc1c(NC(=O)c2ccc(C(C)(C)C)nc2)cccc1-c1cn(C)c(=O)c(Nc2ccc(N3CCC(O)CC3)cc2)n1.Cc1c(NC(=O)c2ccc(N3CCCCC3)cc2)cccc1-c1cn(C)c(=O)c(Nc2ccc(N3CCC(O)CC3)cc2)n1. The van der Waals surface area contributed by atoms with Crippen molar-refractivity contribution in [3.05, 3.63) is 189 Å². The largest absolute Gasteiger partial charge is 0.393 e. The minimum atomic E-state index is -0.249. The number of nitrogens with zero attached hydrogens (tertiary/aromatic N) is 8. The van der Waals surface area contributed by atoms with Crippen molar-refractivity contribution in [2.24, 2.45) is 14.1 Å². The van der Waals surface area contributed by atoms with Gasteiger partial charge in [0.1, 0.15) is 0 Å². The number of aryl methyl sites for hydroxylation is 2. The van der Waals surface area contributed by atoms with E-state index in [4.69, 9.17) is 4.98 Å². The zero-order valence-corrected chi connectivity index (χ0v) is 50.2. The van der Waals surface area contributed by atoms with Crippen LogP contribution in [-0.4, -0.2) is 97.6 Å². The smallest absolute Gasteiger partial charge is 0.293 e. The Morgan fingerprint density at radius 1 is 0.512 bits per heavy atom. The Morgan fingerprint density at radius 2 is 0.907 bits per heavy atom. The molecule has 3 saturated heterocycles. The highest BCUT2D eigenvalue weighted by molar-refractivity contribution is 6.06. The number of hydrogen-bond acceptors (Lipinski definition) is 14. The summed E-state index contributed by atoms with van der Waals surface area (Å²) in [6.45, 7) is 15.5. The van der Waals surface area contributed by atoms with Gasteiger partial charge in [-0.3, -0.25) is 24.2 Å². The molecule has 2 amide bonds. The fraction of sp³-hybridized carbons (Fsp3) is 0.338. The van der Waals surface area contributed by atoms with Crippen molar-refractivity contribution in [1.82, 2.24) is 24.1 Å². The maximum absolute atomic E-state index is 13.2. The van der Waals surface area contributed by atoms with Gasteiger partial charge in [0.05, 0.1) is 29.2 Å². The van der Waals surface area contributed by atoms with Crippen molar-refractivity contribution in [1.29, 1.82) is 0 Å². The van der Waals surface area contributed by atoms with Gasteiger partial charge in [0.15, 0.2) is 11.6 Å². The van der Waals surface area contributed by atoms with Crippen molar-refractivity contribution < 1.29 is 19.8 Å². The van der Waals surface area contributed by atoms with E-state index >= 15 is 0 Å². The Balaban J connectivity index is 0.000000191. The van der Waals surface area contributed by atoms with Crippen LogP contribution < -0.4 is 47.1 Å². The maximum Gasteiger partial charge on any atom is 0.293 e. The number of amides is 2. The van der Waals surface area contributed by atoms with E-state index in [1.165, 1.54) is 28.4 Å². The summed E-state index contributed by atoms with van der Waals surface area (Å²) >= 11 is 0. The van der Waals surface area contributed by atoms with Crippen LogP contribution in [0.1, 0.15) is 103 Å². The molecular weight excluding hydrogens is 1080 g/mol. The molecule has 0 saturated carbocycles. The van der Waals surface area contributed by atoms with Crippen LogP contribution in [0.5, 0.6) is 0 Å². The molecule has 86 heavy (non-hydrogen) atoms. The minimum Gasteiger partial charge on any atom is -0.393 e. The zero-order chi connectivity index (χ0) is 60.6. The summed E-state index contributed by atoms with van der Waals surface area (Å²) < 4.78 is 3.03. The van der Waals surface area contributed by atoms with Gasteiger partial charge in [-0.25, -0.2) is 9.97 Å². The van der Waals surface area contributed by atoms with Crippen LogP contribution in [0.25, 0.3) is 22.5 Å². The van der Waals surface area contributed by atoms with Gasteiger partial charge in [0, 0.05) is 140 Å². The first-order chi connectivity index (χ1) is 41.3. The van der Waals surface area contributed by atoms with Gasteiger partial charge >= 0.3 is 0 Å². The minimum absolute atomic E-state index is 0.0990. The van der Waals surface area contributed by atoms with Crippen LogP contribution in [0.4, 0.5) is 51.4 Å². The van der Waals surface area contributed by atoms with Gasteiger partial charge in [-0.05, 0) is 167 Å². The first-order valence-electron chi connectivity index (χ1n) is 29.7. The second-order valence-electron chi connectivity index (χ2n) is 23.7. The second kappa shape index (κ2) is 26.4. The zero-order valence-electron chi connectivity index (χ0n) is 50.2. The molecule has 3 aliphatic rings. The van der Waals surface area contributed by atoms with Crippen LogP contribution >= 0.6 is 0 Å². The Hall–Kier alpha value is -9.13. The molecule has 18 nitrogen and oxygen atoms in total. The number of aliphatic hydroxyl groups excluding tert-OH is 2. The molecule has 5 aromatic carbocycles. The number of hydrogen-bond donors (Lipinski definition) is 6. The molecule has 6 heterocycles. The fourth-order valence-corrected chi connectivity index (χ4v) is 11.1. The van der Waals surface area contributed by atoms with E-state index < -0.39 is 0 Å². The molecule has 3 aromatic heterocycles. The maximum atomic E-state index is 13.2. The highest BCUT2D eigenvalue weighted by Gasteiger charge is 2.22. The lowest BCUT2D eigenvalue weighted by Gasteiger charge is -2.31. The second-order valence-corrected chi connectivity index (χ2v) is 23.7. The van der Waals surface area contributed by atoms with E-state index in [0.717, 1.165) is 121 Å². The van der Waals surface area contributed by atoms with Gasteiger partial charge in [-0.1, -0.05) is 45.0 Å². The molecule has 3 aliphatic heterocycles. The van der Waals surface area contributed by atoms with Crippen LogP contribution in [0, 0.1) is 13.8 Å². The summed E-state index contributed by atoms with van der Waals surface area (Å²) in [6.07, 6.45) is 11.3. The first kappa shape index (κ1) is 60.0. The third kappa shape index (κ3) is 14.3. The fourth-order valence-electron chi connectivity index (χ4n) is 11.1. The Labute approximate surface area is 502 Å². The summed E-state index contributed by atoms with van der Waals surface area (Å²) in [7, 11) is 3.41. The van der Waals surface area contributed by atoms with E-state index in [1.807, 2.05) is 129 Å². The molecule has 8 aromatic rings. The summed E-state index contributed by atoms with van der Waals surface area (Å²) in [5.41, 5.74) is 12.1. The lowest BCUT2D eigenvalue weighted by Crippen LogP contribution is -2.35. The third-order valence-corrected chi connectivity index (χ3v) is 16.4. The van der Waals surface area contributed by atoms with Crippen molar-refractivity contribution in [3.63, 3.8) is 0 Å². The van der Waals surface area contributed by atoms with E-state index in [2.05, 4.69) is 66.7 Å². The summed E-state index contributed by atoms with van der Waals surface area (Å²) in [6, 6.07) is 38.6. The molecule has 0 radical (unpaired) electrons. The molecule has 0 aliphatic carbocycles. The number of carbonyl (C=O) groups is 2. The Morgan fingerprint density at radius 3 is 1.31 bits per heavy atom. The van der Waals surface area contributed by atoms with E-state index in [-0.39, 0.29) is 52.2 Å². The Kier molecular flexibility index (Phi) is 18.4. The number of aliphatic hydroxyl groups is 2. The molecule has 6 N–H and O–H groups in total. The van der Waals surface area contributed by atoms with Crippen LogP contribution in [0.2, 0.25) is 0 Å². The predicted molar refractivity (Wildman–Crippen MR) is 345 cm³/mol. The van der Waals surface area contributed by atoms with Crippen molar-refractivity contribution in [2.45, 2.75) is 97.2 Å². The van der Waals surface area contributed by atoms with Crippen molar-refractivity contribution in [2.75, 3.05) is 75.2 Å².